The van der Waals surface area contributed by atoms with E-state index in [-0.39, 0.29) is 0 Å². The Morgan fingerprint density at radius 2 is 1.35 bits per heavy atom. The maximum atomic E-state index is 3.58. The monoisotopic (exact) mass is 273 g/mol. The van der Waals surface area contributed by atoms with Gasteiger partial charge in [0.2, 0.25) is 0 Å². The molecule has 20 heavy (non-hydrogen) atoms. The molecule has 2 rings (SSSR count). The first-order valence-corrected chi connectivity index (χ1v) is 8.49. The lowest BCUT2D eigenvalue weighted by Gasteiger charge is -2.29. The zero-order chi connectivity index (χ0) is 14.4. The van der Waals surface area contributed by atoms with Crippen molar-refractivity contribution in [1.82, 2.24) is 5.32 Å². The van der Waals surface area contributed by atoms with Crippen LogP contribution < -0.4 is 5.32 Å². The first kappa shape index (κ1) is 15.6. The molecule has 1 atom stereocenters. The average Bonchev–Trinajstić information content (AvgIpc) is 2.42. The van der Waals surface area contributed by atoms with E-state index in [0.717, 1.165) is 5.92 Å². The second-order valence-corrected chi connectivity index (χ2v) is 6.69. The predicted octanol–water partition coefficient (Wildman–Crippen LogP) is 5.43. The van der Waals surface area contributed by atoms with E-state index in [1.165, 1.54) is 56.1 Å². The van der Waals surface area contributed by atoms with Crippen LogP contribution in [0.3, 0.4) is 0 Å². The Hall–Kier alpha value is -0.820. The van der Waals surface area contributed by atoms with Crippen LogP contribution in [-0.4, -0.2) is 7.05 Å². The van der Waals surface area contributed by atoms with Crippen LogP contribution in [0.5, 0.6) is 0 Å². The molecule has 0 aliphatic heterocycles. The number of hydrogen-bond acceptors (Lipinski definition) is 1. The van der Waals surface area contributed by atoms with E-state index in [9.17, 15) is 0 Å². The number of nitrogens with one attached hydrogen (secondary N) is 1. The molecule has 1 N–H and O–H groups in total. The van der Waals surface area contributed by atoms with Crippen molar-refractivity contribution in [2.24, 2.45) is 5.92 Å². The van der Waals surface area contributed by atoms with Crippen molar-refractivity contribution in [1.29, 1.82) is 0 Å². The predicted molar refractivity (Wildman–Crippen MR) is 88.1 cm³/mol. The third-order valence-electron chi connectivity index (χ3n) is 4.89. The Labute approximate surface area is 125 Å². The van der Waals surface area contributed by atoms with Gasteiger partial charge in [0.1, 0.15) is 0 Å². The summed E-state index contributed by atoms with van der Waals surface area (Å²) in [7, 11) is 2.12. The molecule has 112 valence electrons. The molecular formula is C19H31N. The van der Waals surface area contributed by atoms with Crippen molar-refractivity contribution in [3.05, 3.63) is 35.4 Å². The summed E-state index contributed by atoms with van der Waals surface area (Å²) in [6.07, 6.45) is 9.90. The molecule has 1 aromatic rings. The fourth-order valence-corrected chi connectivity index (χ4v) is 3.58. The van der Waals surface area contributed by atoms with Crippen LogP contribution in [0.4, 0.5) is 0 Å². The van der Waals surface area contributed by atoms with Gasteiger partial charge >= 0.3 is 0 Å². The van der Waals surface area contributed by atoms with Crippen molar-refractivity contribution < 1.29 is 0 Å². The summed E-state index contributed by atoms with van der Waals surface area (Å²) in [5.41, 5.74) is 2.92. The third kappa shape index (κ3) is 4.09. The fourth-order valence-electron chi connectivity index (χ4n) is 3.58. The van der Waals surface area contributed by atoms with Crippen LogP contribution >= 0.6 is 0 Å². The van der Waals surface area contributed by atoms with Crippen molar-refractivity contribution in [2.45, 2.75) is 70.8 Å². The van der Waals surface area contributed by atoms with Gasteiger partial charge in [0.15, 0.2) is 0 Å². The summed E-state index contributed by atoms with van der Waals surface area (Å²) in [6, 6.07) is 9.85. The summed E-state index contributed by atoms with van der Waals surface area (Å²) in [6.45, 7) is 4.53. The topological polar surface area (TPSA) is 12.0 Å². The summed E-state index contributed by atoms with van der Waals surface area (Å²) in [5.74, 6) is 1.43. The van der Waals surface area contributed by atoms with Gasteiger partial charge in [-0.05, 0) is 42.9 Å². The molecule has 0 saturated heterocycles. The van der Waals surface area contributed by atoms with Gasteiger partial charge in [0.25, 0.3) is 0 Å². The first-order chi connectivity index (χ1) is 9.72. The minimum absolute atomic E-state index is 0.536. The van der Waals surface area contributed by atoms with Crippen LogP contribution in [0, 0.1) is 5.92 Å². The molecule has 1 fully saturated rings. The van der Waals surface area contributed by atoms with E-state index < -0.39 is 0 Å². The van der Waals surface area contributed by atoms with Crippen molar-refractivity contribution in [2.75, 3.05) is 7.05 Å². The van der Waals surface area contributed by atoms with Crippen LogP contribution in [0.2, 0.25) is 0 Å². The molecule has 1 nitrogen and oxygen atoms in total. The highest BCUT2D eigenvalue weighted by Gasteiger charge is 2.22. The largest absolute Gasteiger partial charge is 0.313 e. The standard InChI is InChI=1S/C19H31N/c1-15(2)16-11-13-18(14-12-16)19(20-3)17-9-7-5-4-6-8-10-17/h11-15,17,19-20H,4-10H2,1-3H3. The zero-order valence-corrected chi connectivity index (χ0v) is 13.5. The van der Waals surface area contributed by atoms with Gasteiger partial charge < -0.3 is 5.32 Å². The molecule has 0 radical (unpaired) electrons. The molecule has 0 spiro atoms. The Balaban J connectivity index is 2.09. The van der Waals surface area contributed by atoms with Gasteiger partial charge in [-0.25, -0.2) is 0 Å². The SMILES string of the molecule is CNC(c1ccc(C(C)C)cc1)C1CCCCCCC1. The maximum absolute atomic E-state index is 3.58. The summed E-state index contributed by atoms with van der Waals surface area (Å²) in [5, 5.41) is 3.58. The van der Waals surface area contributed by atoms with Crippen molar-refractivity contribution in [3.63, 3.8) is 0 Å². The van der Waals surface area contributed by atoms with Crippen molar-refractivity contribution >= 4 is 0 Å². The summed E-state index contributed by atoms with van der Waals surface area (Å²) >= 11 is 0. The maximum Gasteiger partial charge on any atom is 0.0346 e. The summed E-state index contributed by atoms with van der Waals surface area (Å²) < 4.78 is 0. The van der Waals surface area contributed by atoms with Gasteiger partial charge in [-0.3, -0.25) is 0 Å². The van der Waals surface area contributed by atoms with Gasteiger partial charge in [-0.15, -0.1) is 0 Å². The van der Waals surface area contributed by atoms with Crippen molar-refractivity contribution in [3.8, 4) is 0 Å². The first-order valence-electron chi connectivity index (χ1n) is 8.49. The summed E-state index contributed by atoms with van der Waals surface area (Å²) in [4.78, 5) is 0. The lowest BCUT2D eigenvalue weighted by Crippen LogP contribution is -2.26. The Bertz CT molecular complexity index is 371. The second kappa shape index (κ2) is 7.83. The van der Waals surface area contributed by atoms with Crippen LogP contribution in [0.15, 0.2) is 24.3 Å². The van der Waals surface area contributed by atoms with Gasteiger partial charge in [-0.1, -0.05) is 70.2 Å². The molecule has 1 aliphatic rings. The lowest BCUT2D eigenvalue weighted by atomic mass is 9.82. The van der Waals surface area contributed by atoms with Gasteiger partial charge in [-0.2, -0.15) is 0 Å². The number of hydrogen-bond donors (Lipinski definition) is 1. The van der Waals surface area contributed by atoms with E-state index in [1.54, 1.807) is 0 Å². The molecule has 1 heteroatoms. The molecule has 1 aromatic carbocycles. The Morgan fingerprint density at radius 3 is 1.85 bits per heavy atom. The van der Waals surface area contributed by atoms with Crippen LogP contribution in [0.25, 0.3) is 0 Å². The van der Waals surface area contributed by atoms with Crippen LogP contribution in [0.1, 0.15) is 81.9 Å². The van der Waals surface area contributed by atoms with Crippen LogP contribution in [-0.2, 0) is 0 Å². The molecule has 0 aromatic heterocycles. The third-order valence-corrected chi connectivity index (χ3v) is 4.89. The minimum atomic E-state index is 0.536. The normalized spacial score (nSPS) is 19.6. The lowest BCUT2D eigenvalue weighted by molar-refractivity contribution is 0.299. The minimum Gasteiger partial charge on any atom is -0.313 e. The second-order valence-electron chi connectivity index (χ2n) is 6.69. The number of benzene rings is 1. The van der Waals surface area contributed by atoms with Gasteiger partial charge in [0.05, 0.1) is 0 Å². The van der Waals surface area contributed by atoms with E-state index in [4.69, 9.17) is 0 Å². The zero-order valence-electron chi connectivity index (χ0n) is 13.5. The molecule has 1 unspecified atom stereocenters. The van der Waals surface area contributed by atoms with E-state index >= 15 is 0 Å². The molecule has 1 aliphatic carbocycles. The Kier molecular flexibility index (Phi) is 6.09. The highest BCUT2D eigenvalue weighted by Crippen LogP contribution is 2.33. The fraction of sp³-hybridized carbons (Fsp3) is 0.684. The van der Waals surface area contributed by atoms with E-state index in [1.807, 2.05) is 0 Å². The highest BCUT2D eigenvalue weighted by atomic mass is 14.9. The molecular weight excluding hydrogens is 242 g/mol. The Morgan fingerprint density at radius 1 is 0.850 bits per heavy atom. The number of rotatable bonds is 4. The van der Waals surface area contributed by atoms with E-state index in [2.05, 4.69) is 50.5 Å². The van der Waals surface area contributed by atoms with Gasteiger partial charge in [0, 0.05) is 6.04 Å². The molecule has 0 bridgehead atoms. The molecule has 0 heterocycles. The van der Waals surface area contributed by atoms with E-state index in [0.29, 0.717) is 12.0 Å². The smallest absolute Gasteiger partial charge is 0.0346 e. The molecule has 0 amide bonds. The quantitative estimate of drug-likeness (QED) is 0.771. The highest BCUT2D eigenvalue weighted by molar-refractivity contribution is 5.27. The molecule has 1 saturated carbocycles. The average molecular weight is 273 g/mol.